The van der Waals surface area contributed by atoms with E-state index in [1.165, 1.54) is 21.1 Å². The Hall–Kier alpha value is -5.76. The van der Waals surface area contributed by atoms with E-state index in [2.05, 4.69) is 25.7 Å². The highest BCUT2D eigenvalue weighted by Gasteiger charge is 2.36. The van der Waals surface area contributed by atoms with Gasteiger partial charge in [0.15, 0.2) is 11.5 Å². The lowest BCUT2D eigenvalue weighted by Crippen LogP contribution is -2.45. The molecule has 2 heterocycles. The van der Waals surface area contributed by atoms with Gasteiger partial charge < -0.3 is 35.3 Å². The normalized spacial score (nSPS) is 14.7. The van der Waals surface area contributed by atoms with Crippen LogP contribution < -0.4 is 30.3 Å². The summed E-state index contributed by atoms with van der Waals surface area (Å²) in [6.07, 6.45) is 3.76. The zero-order chi connectivity index (χ0) is 36.5. The molecule has 5 rings (SSSR count). The van der Waals surface area contributed by atoms with Crippen molar-refractivity contribution < 1.29 is 43.3 Å². The molecule has 14 nitrogen and oxygen atoms in total. The van der Waals surface area contributed by atoms with Gasteiger partial charge >= 0.3 is 5.97 Å². The van der Waals surface area contributed by atoms with E-state index in [4.69, 9.17) is 9.47 Å². The molecular weight excluding hydrogens is 658 g/mol. The number of anilines is 2. The lowest BCUT2D eigenvalue weighted by molar-refractivity contribution is -0.140. The zero-order valence-electron chi connectivity index (χ0n) is 28.7. The summed E-state index contributed by atoms with van der Waals surface area (Å²) in [6, 6.07) is 14.9. The van der Waals surface area contributed by atoms with E-state index in [-0.39, 0.29) is 56.4 Å². The number of unbranched alkanes of at least 4 members (excludes halogenated alkanes) is 1. The summed E-state index contributed by atoms with van der Waals surface area (Å²) in [4.78, 5) is 68.6. The first-order chi connectivity index (χ1) is 24.6. The number of para-hydroxylation sites is 1. The number of aliphatic imine (C=N–C) groups is 1. The molecule has 4 N–H and O–H groups in total. The van der Waals surface area contributed by atoms with Gasteiger partial charge in [0.1, 0.15) is 12.6 Å². The number of carbonyl (C=O) groups is 5. The van der Waals surface area contributed by atoms with Gasteiger partial charge in [-0.1, -0.05) is 18.2 Å². The molecule has 0 radical (unpaired) electrons. The van der Waals surface area contributed by atoms with Gasteiger partial charge in [0, 0.05) is 42.9 Å². The number of hydrogen-bond donors (Lipinski definition) is 4. The molecule has 268 valence electrons. The van der Waals surface area contributed by atoms with Gasteiger partial charge in [-0.3, -0.25) is 33.9 Å². The Morgan fingerprint density at radius 1 is 0.980 bits per heavy atom. The number of carbonyl (C=O) groups excluding carboxylic acids is 5. The Morgan fingerprint density at radius 2 is 1.75 bits per heavy atom. The van der Waals surface area contributed by atoms with E-state index in [9.17, 15) is 29.1 Å². The Labute approximate surface area is 295 Å². The van der Waals surface area contributed by atoms with Crippen LogP contribution in [0.1, 0.15) is 59.7 Å². The number of esters is 1. The maximum Gasteiger partial charge on any atom is 0.305 e. The molecule has 0 spiro atoms. The fourth-order valence-corrected chi connectivity index (χ4v) is 5.89. The third-order valence-corrected chi connectivity index (χ3v) is 8.51. The number of ether oxygens (including phenoxy) is 3. The highest BCUT2D eigenvalue weighted by molar-refractivity contribution is 6.14. The molecule has 2 aliphatic rings. The molecule has 0 saturated carbocycles. The van der Waals surface area contributed by atoms with Crippen LogP contribution in [0.4, 0.5) is 17.1 Å². The number of rotatable bonds is 15. The van der Waals surface area contributed by atoms with Crippen LogP contribution in [0, 0.1) is 0 Å². The highest BCUT2D eigenvalue weighted by atomic mass is 16.5. The number of nitrogens with one attached hydrogen (secondary N) is 3. The summed E-state index contributed by atoms with van der Waals surface area (Å²) in [6.45, 7) is 0.918. The van der Waals surface area contributed by atoms with Crippen LogP contribution in [0.5, 0.6) is 11.5 Å². The van der Waals surface area contributed by atoms with Gasteiger partial charge in [0.2, 0.25) is 17.7 Å². The smallest absolute Gasteiger partial charge is 0.305 e. The Morgan fingerprint density at radius 3 is 2.51 bits per heavy atom. The Bertz CT molecular complexity index is 1840. The minimum atomic E-state index is -0.941. The van der Waals surface area contributed by atoms with Crippen LogP contribution in [0.3, 0.4) is 0 Å². The topological polar surface area (TPSA) is 185 Å². The average molecular weight is 700 g/mol. The standard InChI is InChI=1S/C37H41N5O9/c1-22(40-34(45)19-39-33(44)10-6-7-11-35(46)50-3)36(47)41-26-13-23(20-43)12-24(14-26)21-51-32-17-29-28(16-31(32)49-2)37(48)42-27(18-38-29)15-25-8-4-5-9-30(25)42/h4-5,8-9,12-14,16-18,22,27,43H,6-7,10-11,15,19-21H2,1-3H3,(H,39,44)(H,40,45)(H,41,47)/t22-,27?/m0/s1. The first-order valence-electron chi connectivity index (χ1n) is 16.6. The monoisotopic (exact) mass is 699 g/mol. The van der Waals surface area contributed by atoms with Crippen LogP contribution >= 0.6 is 0 Å². The number of nitrogens with zero attached hydrogens (tertiary/aromatic N) is 2. The fraction of sp³-hybridized carbons (Fsp3) is 0.351. The maximum atomic E-state index is 13.7. The molecule has 3 aromatic rings. The van der Waals surface area contributed by atoms with E-state index < -0.39 is 17.9 Å². The Kier molecular flexibility index (Phi) is 12.0. The largest absolute Gasteiger partial charge is 0.493 e. The molecule has 0 aromatic heterocycles. The van der Waals surface area contributed by atoms with E-state index in [1.807, 2.05) is 24.3 Å². The first kappa shape index (κ1) is 36.5. The zero-order valence-corrected chi connectivity index (χ0v) is 28.7. The summed E-state index contributed by atoms with van der Waals surface area (Å²) in [7, 11) is 2.78. The van der Waals surface area contributed by atoms with Crippen molar-refractivity contribution in [1.29, 1.82) is 0 Å². The second kappa shape index (κ2) is 16.8. The van der Waals surface area contributed by atoms with Crippen LogP contribution in [-0.2, 0) is 43.5 Å². The molecular formula is C37H41N5O9. The molecule has 0 aliphatic carbocycles. The van der Waals surface area contributed by atoms with E-state index in [0.29, 0.717) is 58.8 Å². The number of hydrogen-bond acceptors (Lipinski definition) is 10. The SMILES string of the molecule is COC(=O)CCCCC(=O)NCC(=O)N[C@@H](C)C(=O)Nc1cc(CO)cc(COc2cc3c(cc2OC)C(=O)N2c4ccccc4CC2C=N3)c1. The van der Waals surface area contributed by atoms with E-state index >= 15 is 0 Å². The summed E-state index contributed by atoms with van der Waals surface area (Å²) in [5.41, 5.74) is 4.29. The van der Waals surface area contributed by atoms with E-state index in [1.54, 1.807) is 41.4 Å². The molecule has 1 unspecified atom stereocenters. The predicted molar refractivity (Wildman–Crippen MR) is 188 cm³/mol. The third kappa shape index (κ3) is 9.08. The average Bonchev–Trinajstić information content (AvgIpc) is 3.45. The minimum Gasteiger partial charge on any atom is -0.493 e. The number of aliphatic hydroxyl groups excluding tert-OH is 1. The van der Waals surface area contributed by atoms with E-state index in [0.717, 1.165) is 11.3 Å². The minimum absolute atomic E-state index is 0.0281. The van der Waals surface area contributed by atoms with Crippen molar-refractivity contribution in [2.45, 2.75) is 64.3 Å². The highest BCUT2D eigenvalue weighted by Crippen LogP contribution is 2.41. The van der Waals surface area contributed by atoms with Gasteiger partial charge in [-0.2, -0.15) is 0 Å². The quantitative estimate of drug-likeness (QED) is 0.136. The van der Waals surface area contributed by atoms with Gasteiger partial charge in [-0.25, -0.2) is 0 Å². The summed E-state index contributed by atoms with van der Waals surface area (Å²) in [5.74, 6) is -1.25. The molecule has 51 heavy (non-hydrogen) atoms. The predicted octanol–water partition coefficient (Wildman–Crippen LogP) is 3.35. The van der Waals surface area contributed by atoms with Crippen molar-refractivity contribution in [3.05, 3.63) is 76.9 Å². The molecule has 0 fully saturated rings. The van der Waals surface area contributed by atoms with Crippen molar-refractivity contribution in [2.24, 2.45) is 4.99 Å². The van der Waals surface area contributed by atoms with Crippen LogP contribution in [0.15, 0.2) is 59.6 Å². The van der Waals surface area contributed by atoms with Crippen LogP contribution in [-0.4, -0.2) is 73.8 Å². The second-order valence-corrected chi connectivity index (χ2v) is 12.2. The lowest BCUT2D eigenvalue weighted by atomic mass is 10.1. The molecule has 2 aliphatic heterocycles. The van der Waals surface area contributed by atoms with Gasteiger partial charge in [-0.15, -0.1) is 0 Å². The molecule has 2 atom stereocenters. The maximum absolute atomic E-state index is 13.7. The fourth-order valence-electron chi connectivity index (χ4n) is 5.89. The molecule has 0 bridgehead atoms. The van der Waals surface area contributed by atoms with Gasteiger partial charge in [-0.05, 0) is 66.8 Å². The van der Waals surface area contributed by atoms with Crippen molar-refractivity contribution in [3.8, 4) is 11.5 Å². The third-order valence-electron chi connectivity index (χ3n) is 8.51. The van der Waals surface area contributed by atoms with Crippen molar-refractivity contribution in [1.82, 2.24) is 10.6 Å². The first-order valence-corrected chi connectivity index (χ1v) is 16.6. The summed E-state index contributed by atoms with van der Waals surface area (Å²) in [5, 5.41) is 17.7. The number of aliphatic hydroxyl groups is 1. The van der Waals surface area contributed by atoms with Crippen molar-refractivity contribution in [2.75, 3.05) is 31.0 Å². The van der Waals surface area contributed by atoms with Gasteiger partial charge in [0.25, 0.3) is 5.91 Å². The Balaban J connectivity index is 1.18. The second-order valence-electron chi connectivity index (χ2n) is 12.2. The molecule has 4 amide bonds. The number of benzene rings is 3. The number of fused-ring (bicyclic) bond motifs is 4. The summed E-state index contributed by atoms with van der Waals surface area (Å²) < 4.78 is 16.3. The van der Waals surface area contributed by atoms with Crippen LogP contribution in [0.25, 0.3) is 0 Å². The van der Waals surface area contributed by atoms with Crippen LogP contribution in [0.2, 0.25) is 0 Å². The number of methoxy groups -OCH3 is 2. The van der Waals surface area contributed by atoms with Crippen molar-refractivity contribution >= 4 is 52.9 Å². The number of amides is 4. The molecule has 3 aromatic carbocycles. The molecule has 0 saturated heterocycles. The summed E-state index contributed by atoms with van der Waals surface area (Å²) >= 11 is 0. The van der Waals surface area contributed by atoms with Crippen molar-refractivity contribution in [3.63, 3.8) is 0 Å². The van der Waals surface area contributed by atoms with Gasteiger partial charge in [0.05, 0.1) is 44.7 Å². The lowest BCUT2D eigenvalue weighted by Gasteiger charge is -2.22. The molecule has 14 heteroatoms.